The van der Waals surface area contributed by atoms with E-state index in [0.29, 0.717) is 31.6 Å². The monoisotopic (exact) mass is 618 g/mol. The smallest absolute Gasteiger partial charge is 0.255 e. The summed E-state index contributed by atoms with van der Waals surface area (Å²) in [6, 6.07) is 8.63. The Balaban J connectivity index is 1.14. The lowest BCUT2D eigenvalue weighted by Gasteiger charge is -2.80. The summed E-state index contributed by atoms with van der Waals surface area (Å²) < 4.78 is 73.9. The van der Waals surface area contributed by atoms with Crippen LogP contribution in [0.15, 0.2) is 65.8 Å². The summed E-state index contributed by atoms with van der Waals surface area (Å²) in [5.74, 6) is -6.04. The van der Waals surface area contributed by atoms with Crippen LogP contribution in [0.2, 0.25) is 5.02 Å². The lowest BCUT2D eigenvalue weighted by molar-refractivity contribution is -0.352. The number of nitrogens with one attached hydrogen (secondary N) is 1. The minimum absolute atomic E-state index is 0.0684. The fourth-order valence-corrected chi connectivity index (χ4v) is 10.0. The third-order valence-electron chi connectivity index (χ3n) is 9.08. The van der Waals surface area contributed by atoms with Crippen molar-refractivity contribution in [3.8, 4) is 0 Å². The van der Waals surface area contributed by atoms with Crippen LogP contribution in [-0.2, 0) is 14.6 Å². The third kappa shape index (κ3) is 4.45. The molecule has 3 aliphatic carbocycles. The number of aromatic nitrogens is 1. The maximum atomic E-state index is 13.8. The Bertz CT molecular complexity index is 1680. The number of amides is 1. The number of hydrogen-bond donors (Lipinski definition) is 2. The topological polar surface area (TPSA) is 106 Å². The largest absolute Gasteiger partial charge is 0.387 e. The Kier molecular flexibility index (Phi) is 7.20. The molecule has 2 N–H and O–H groups in total. The van der Waals surface area contributed by atoms with Crippen molar-refractivity contribution >= 4 is 39.1 Å². The maximum Gasteiger partial charge on any atom is 0.255 e. The van der Waals surface area contributed by atoms with Crippen molar-refractivity contribution in [1.82, 2.24) is 4.98 Å². The molecular formula is C30H26ClF3N2O5S. The normalized spacial score (nSPS) is 27.8. The van der Waals surface area contributed by atoms with Gasteiger partial charge in [-0.05, 0) is 67.0 Å². The molecule has 0 radical (unpaired) electrons. The summed E-state index contributed by atoms with van der Waals surface area (Å²) >= 11 is 6.30. The Hall–Kier alpha value is -3.25. The standard InChI is InChI=1S/C30H26ClF3N2O5S/c31-22-4-3-18(28(37)36-19-13-23(32)26(34)24(33)14-19)12-25(22)42(39,40)27-20-5-8-30(20)21(27)15-29(30,38)16-41-11-1-2-17-6-9-35-10-7-17/h1-4,6-7,9-10,12-14,20-21,27,38H,5,8,11,15-16H2,(H,36,37)/b2-1+/t20?,21?,27-,29-,30?/m0/s1. The maximum absolute atomic E-state index is 13.8. The van der Waals surface area contributed by atoms with E-state index in [4.69, 9.17) is 16.3 Å². The molecule has 1 heterocycles. The van der Waals surface area contributed by atoms with Gasteiger partial charge < -0.3 is 15.2 Å². The molecule has 42 heavy (non-hydrogen) atoms. The lowest BCUT2D eigenvalue weighted by atomic mass is 9.28. The summed E-state index contributed by atoms with van der Waals surface area (Å²) in [5, 5.41) is 12.8. The first kappa shape index (κ1) is 28.9. The minimum atomic E-state index is -4.01. The number of aliphatic hydroxyl groups is 1. The molecule has 3 saturated carbocycles. The molecule has 220 valence electrons. The lowest BCUT2D eigenvalue weighted by Crippen LogP contribution is -2.85. The van der Waals surface area contributed by atoms with E-state index in [1.807, 2.05) is 24.3 Å². The molecule has 3 aromatic rings. The molecule has 2 aromatic carbocycles. The molecule has 1 spiro atoms. The van der Waals surface area contributed by atoms with Gasteiger partial charge in [0.1, 0.15) is 0 Å². The predicted octanol–water partition coefficient (Wildman–Crippen LogP) is 5.44. The number of nitrogens with zero attached hydrogens (tertiary/aromatic N) is 1. The first-order chi connectivity index (χ1) is 20.0. The highest BCUT2D eigenvalue weighted by Gasteiger charge is 2.83. The Labute approximate surface area is 245 Å². The van der Waals surface area contributed by atoms with Gasteiger partial charge in [-0.15, -0.1) is 0 Å². The van der Waals surface area contributed by atoms with Gasteiger partial charge in [-0.1, -0.05) is 23.8 Å². The van der Waals surface area contributed by atoms with E-state index in [1.165, 1.54) is 12.1 Å². The number of rotatable bonds is 9. The van der Waals surface area contributed by atoms with Crippen LogP contribution >= 0.6 is 11.6 Å². The Morgan fingerprint density at radius 2 is 1.83 bits per heavy atom. The van der Waals surface area contributed by atoms with Crippen LogP contribution in [0.4, 0.5) is 18.9 Å². The quantitative estimate of drug-likeness (QED) is 0.245. The summed E-state index contributed by atoms with van der Waals surface area (Å²) in [6.45, 7) is 0.383. The second-order valence-corrected chi connectivity index (χ2v) is 13.6. The van der Waals surface area contributed by atoms with E-state index in [-0.39, 0.29) is 46.0 Å². The summed E-state index contributed by atoms with van der Waals surface area (Å²) in [4.78, 5) is 16.5. The number of hydrogen-bond acceptors (Lipinski definition) is 6. The van der Waals surface area contributed by atoms with Gasteiger partial charge in [0, 0.05) is 41.2 Å². The van der Waals surface area contributed by atoms with Crippen molar-refractivity contribution in [2.45, 2.75) is 35.0 Å². The first-order valence-corrected chi connectivity index (χ1v) is 15.3. The van der Waals surface area contributed by atoms with E-state index >= 15 is 0 Å². The molecule has 1 aromatic heterocycles. The third-order valence-corrected chi connectivity index (χ3v) is 11.8. The van der Waals surface area contributed by atoms with E-state index < -0.39 is 49.5 Å². The van der Waals surface area contributed by atoms with Crippen molar-refractivity contribution in [2.24, 2.45) is 17.3 Å². The number of benzene rings is 2. The zero-order valence-corrected chi connectivity index (χ0v) is 23.6. The fraction of sp³-hybridized carbons (Fsp3) is 0.333. The van der Waals surface area contributed by atoms with Crippen LogP contribution in [0, 0.1) is 34.7 Å². The molecule has 12 heteroatoms. The summed E-state index contributed by atoms with van der Waals surface area (Å²) in [5.41, 5.74) is -1.13. The number of halogens is 4. The number of ether oxygens (including phenoxy) is 1. The molecule has 1 amide bonds. The molecule has 7 nitrogen and oxygen atoms in total. The number of carbonyl (C=O) groups excluding carboxylic acids is 1. The number of anilines is 1. The van der Waals surface area contributed by atoms with Crippen LogP contribution in [-0.4, -0.2) is 48.5 Å². The molecular weight excluding hydrogens is 593 g/mol. The number of sulfone groups is 1. The van der Waals surface area contributed by atoms with Crippen LogP contribution < -0.4 is 5.32 Å². The first-order valence-electron chi connectivity index (χ1n) is 13.3. The van der Waals surface area contributed by atoms with E-state index in [9.17, 15) is 31.5 Å². The molecule has 6 rings (SSSR count). The van der Waals surface area contributed by atoms with E-state index in [0.717, 1.165) is 11.6 Å². The Morgan fingerprint density at radius 3 is 2.48 bits per heavy atom. The molecule has 3 unspecified atom stereocenters. The van der Waals surface area contributed by atoms with Crippen LogP contribution in [0.25, 0.3) is 6.08 Å². The number of pyridine rings is 1. The second kappa shape index (κ2) is 10.5. The molecule has 0 aliphatic heterocycles. The summed E-state index contributed by atoms with van der Waals surface area (Å²) in [7, 11) is -4.01. The molecule has 3 aliphatic rings. The zero-order chi connectivity index (χ0) is 29.9. The summed E-state index contributed by atoms with van der Waals surface area (Å²) in [6.07, 6.45) is 8.69. The van der Waals surface area contributed by atoms with Crippen LogP contribution in [0.1, 0.15) is 35.2 Å². The Morgan fingerprint density at radius 1 is 1.12 bits per heavy atom. The molecule has 0 bridgehead atoms. The molecule has 3 fully saturated rings. The van der Waals surface area contributed by atoms with Crippen molar-refractivity contribution < 1.29 is 36.2 Å². The van der Waals surface area contributed by atoms with Gasteiger partial charge in [-0.3, -0.25) is 9.78 Å². The number of carbonyl (C=O) groups is 1. The van der Waals surface area contributed by atoms with Crippen LogP contribution in [0.3, 0.4) is 0 Å². The second-order valence-electron chi connectivity index (χ2n) is 11.1. The fourth-order valence-electron chi connectivity index (χ4n) is 7.06. The van der Waals surface area contributed by atoms with Gasteiger partial charge in [0.25, 0.3) is 5.91 Å². The van der Waals surface area contributed by atoms with Crippen molar-refractivity contribution in [3.63, 3.8) is 0 Å². The van der Waals surface area contributed by atoms with Gasteiger partial charge in [-0.25, -0.2) is 21.6 Å². The molecule has 5 atom stereocenters. The van der Waals surface area contributed by atoms with Gasteiger partial charge in [0.05, 0.1) is 34.0 Å². The van der Waals surface area contributed by atoms with Crippen LogP contribution in [0.5, 0.6) is 0 Å². The van der Waals surface area contributed by atoms with Gasteiger partial charge >= 0.3 is 0 Å². The SMILES string of the molecule is O=C(Nc1cc(F)c(F)c(F)c1)c1ccc(Cl)c(S(=O)(=O)[C@H]2C3CCC34C2C[C@]4(O)COC/C=C/c2ccncc2)c1. The highest BCUT2D eigenvalue weighted by Crippen LogP contribution is 2.80. The average Bonchev–Trinajstić information content (AvgIpc) is 2.93. The van der Waals surface area contributed by atoms with E-state index in [2.05, 4.69) is 10.3 Å². The van der Waals surface area contributed by atoms with Crippen molar-refractivity contribution in [1.29, 1.82) is 0 Å². The van der Waals surface area contributed by atoms with Crippen molar-refractivity contribution in [2.75, 3.05) is 18.5 Å². The van der Waals surface area contributed by atoms with E-state index in [1.54, 1.807) is 12.4 Å². The minimum Gasteiger partial charge on any atom is -0.387 e. The highest BCUT2D eigenvalue weighted by molar-refractivity contribution is 7.92. The van der Waals surface area contributed by atoms with Gasteiger partial charge in [0.2, 0.25) is 0 Å². The zero-order valence-electron chi connectivity index (χ0n) is 22.1. The highest BCUT2D eigenvalue weighted by atomic mass is 35.5. The van der Waals surface area contributed by atoms with Crippen molar-refractivity contribution in [3.05, 3.63) is 94.5 Å². The average molecular weight is 619 g/mol. The van der Waals surface area contributed by atoms with Gasteiger partial charge in [-0.2, -0.15) is 0 Å². The molecule has 0 saturated heterocycles. The van der Waals surface area contributed by atoms with Gasteiger partial charge in [0.15, 0.2) is 27.3 Å². The predicted molar refractivity (Wildman–Crippen MR) is 149 cm³/mol.